The van der Waals surface area contributed by atoms with E-state index in [9.17, 15) is 9.59 Å². The zero-order chi connectivity index (χ0) is 16.7. The third-order valence-electron chi connectivity index (χ3n) is 3.32. The quantitative estimate of drug-likeness (QED) is 0.774. The van der Waals surface area contributed by atoms with Crippen LogP contribution in [0.4, 0.5) is 0 Å². The largest absolute Gasteiger partial charge is 0.480 e. The summed E-state index contributed by atoms with van der Waals surface area (Å²) in [6, 6.07) is 6.70. The summed E-state index contributed by atoms with van der Waals surface area (Å²) < 4.78 is 5.75. The van der Waals surface area contributed by atoms with Gasteiger partial charge in [0.1, 0.15) is 11.8 Å². The SMILES string of the molecule is CCCc1ccc(OC(C(=O)NC(C)C(=O)O)C(C)C)cc1. The van der Waals surface area contributed by atoms with E-state index in [2.05, 4.69) is 12.2 Å². The summed E-state index contributed by atoms with van der Waals surface area (Å²) in [5.41, 5.74) is 1.22. The number of amides is 1. The molecule has 0 aliphatic carbocycles. The normalized spacial score (nSPS) is 13.5. The molecule has 0 saturated carbocycles. The number of hydrogen-bond donors (Lipinski definition) is 2. The number of carboxylic acids is 1. The highest BCUT2D eigenvalue weighted by molar-refractivity contribution is 5.86. The Hall–Kier alpha value is -2.04. The van der Waals surface area contributed by atoms with Crippen LogP contribution in [-0.4, -0.2) is 29.1 Å². The van der Waals surface area contributed by atoms with Gasteiger partial charge in [-0.05, 0) is 37.0 Å². The zero-order valence-electron chi connectivity index (χ0n) is 13.6. The molecule has 0 fully saturated rings. The van der Waals surface area contributed by atoms with E-state index < -0.39 is 24.0 Å². The van der Waals surface area contributed by atoms with Crippen LogP contribution in [0.25, 0.3) is 0 Å². The van der Waals surface area contributed by atoms with E-state index in [0.717, 1.165) is 12.8 Å². The van der Waals surface area contributed by atoms with Crippen LogP contribution in [0.2, 0.25) is 0 Å². The Morgan fingerprint density at radius 2 is 1.77 bits per heavy atom. The highest BCUT2D eigenvalue weighted by atomic mass is 16.5. The van der Waals surface area contributed by atoms with Gasteiger partial charge in [0.2, 0.25) is 0 Å². The highest BCUT2D eigenvalue weighted by Gasteiger charge is 2.27. The fraction of sp³-hybridized carbons (Fsp3) is 0.529. The van der Waals surface area contributed by atoms with Gasteiger partial charge in [-0.25, -0.2) is 0 Å². The van der Waals surface area contributed by atoms with Crippen molar-refractivity contribution in [3.8, 4) is 5.75 Å². The lowest BCUT2D eigenvalue weighted by Crippen LogP contribution is -2.47. The predicted molar refractivity (Wildman–Crippen MR) is 84.9 cm³/mol. The Morgan fingerprint density at radius 1 is 1.18 bits per heavy atom. The first-order chi connectivity index (χ1) is 10.3. The van der Waals surface area contributed by atoms with Gasteiger partial charge in [0.05, 0.1) is 0 Å². The van der Waals surface area contributed by atoms with E-state index in [1.54, 1.807) is 0 Å². The van der Waals surface area contributed by atoms with Crippen LogP contribution in [0.5, 0.6) is 5.75 Å². The number of carbonyl (C=O) groups excluding carboxylic acids is 1. The van der Waals surface area contributed by atoms with Gasteiger partial charge < -0.3 is 15.2 Å². The first-order valence-electron chi connectivity index (χ1n) is 7.64. The fourth-order valence-electron chi connectivity index (χ4n) is 2.02. The van der Waals surface area contributed by atoms with Crippen LogP contribution in [0.15, 0.2) is 24.3 Å². The van der Waals surface area contributed by atoms with Gasteiger partial charge in [-0.3, -0.25) is 9.59 Å². The molecule has 2 unspecified atom stereocenters. The van der Waals surface area contributed by atoms with Crippen molar-refractivity contribution < 1.29 is 19.4 Å². The molecule has 0 radical (unpaired) electrons. The van der Waals surface area contributed by atoms with E-state index in [1.165, 1.54) is 12.5 Å². The van der Waals surface area contributed by atoms with Gasteiger partial charge in [0, 0.05) is 0 Å². The summed E-state index contributed by atoms with van der Waals surface area (Å²) in [6.07, 6.45) is 1.35. The zero-order valence-corrected chi connectivity index (χ0v) is 13.6. The minimum atomic E-state index is -1.07. The Labute approximate surface area is 131 Å². The number of aliphatic carboxylic acids is 1. The van der Waals surface area contributed by atoms with Crippen molar-refractivity contribution in [1.82, 2.24) is 5.32 Å². The van der Waals surface area contributed by atoms with Crippen molar-refractivity contribution in [2.75, 3.05) is 0 Å². The molecule has 0 spiro atoms. The molecule has 1 aromatic carbocycles. The lowest BCUT2D eigenvalue weighted by molar-refractivity contribution is -0.143. The summed E-state index contributed by atoms with van der Waals surface area (Å²) in [4.78, 5) is 23.0. The van der Waals surface area contributed by atoms with Crippen molar-refractivity contribution >= 4 is 11.9 Å². The third kappa shape index (κ3) is 5.39. The molecule has 1 rings (SSSR count). The van der Waals surface area contributed by atoms with Crippen LogP contribution >= 0.6 is 0 Å². The molecule has 5 nitrogen and oxygen atoms in total. The number of aryl methyl sites for hydroxylation is 1. The average Bonchev–Trinajstić information content (AvgIpc) is 2.46. The molecular weight excluding hydrogens is 282 g/mol. The molecule has 1 amide bonds. The number of carboxylic acid groups (broad SMARTS) is 1. The van der Waals surface area contributed by atoms with Gasteiger partial charge in [0.25, 0.3) is 5.91 Å². The maximum Gasteiger partial charge on any atom is 0.325 e. The van der Waals surface area contributed by atoms with Crippen molar-refractivity contribution in [3.05, 3.63) is 29.8 Å². The Kier molecular flexibility index (Phi) is 6.89. The predicted octanol–water partition coefficient (Wildman–Crippen LogP) is 2.63. The second kappa shape index (κ2) is 8.41. The Balaban J connectivity index is 2.75. The third-order valence-corrected chi connectivity index (χ3v) is 3.32. The number of rotatable bonds is 8. The molecule has 5 heteroatoms. The summed E-state index contributed by atoms with van der Waals surface area (Å²) in [6.45, 7) is 7.27. The van der Waals surface area contributed by atoms with Gasteiger partial charge in [-0.1, -0.05) is 39.3 Å². The minimum Gasteiger partial charge on any atom is -0.480 e. The van der Waals surface area contributed by atoms with Crippen LogP contribution in [-0.2, 0) is 16.0 Å². The Morgan fingerprint density at radius 3 is 2.23 bits per heavy atom. The van der Waals surface area contributed by atoms with Crippen molar-refractivity contribution in [3.63, 3.8) is 0 Å². The standard InChI is InChI=1S/C17H25NO4/c1-5-6-13-7-9-14(10-8-13)22-15(11(2)3)16(19)18-12(4)17(20)21/h7-12,15H,5-6H2,1-4H3,(H,18,19)(H,20,21). The van der Waals surface area contributed by atoms with E-state index in [1.807, 2.05) is 38.1 Å². The maximum atomic E-state index is 12.2. The van der Waals surface area contributed by atoms with Gasteiger partial charge in [-0.2, -0.15) is 0 Å². The molecule has 0 aromatic heterocycles. The monoisotopic (exact) mass is 307 g/mol. The molecule has 122 valence electrons. The Bertz CT molecular complexity index is 496. The molecule has 0 aliphatic rings. The van der Waals surface area contributed by atoms with Crippen molar-refractivity contribution in [2.45, 2.75) is 52.7 Å². The maximum absolute atomic E-state index is 12.2. The number of benzene rings is 1. The molecule has 2 atom stereocenters. The van der Waals surface area contributed by atoms with E-state index in [-0.39, 0.29) is 5.92 Å². The van der Waals surface area contributed by atoms with E-state index in [4.69, 9.17) is 9.84 Å². The summed E-state index contributed by atoms with van der Waals surface area (Å²) in [7, 11) is 0. The molecular formula is C17H25NO4. The van der Waals surface area contributed by atoms with Gasteiger partial charge in [0.15, 0.2) is 6.10 Å². The van der Waals surface area contributed by atoms with Gasteiger partial charge >= 0.3 is 5.97 Å². The van der Waals surface area contributed by atoms with E-state index >= 15 is 0 Å². The van der Waals surface area contributed by atoms with Crippen LogP contribution in [0, 0.1) is 5.92 Å². The van der Waals surface area contributed by atoms with Gasteiger partial charge in [-0.15, -0.1) is 0 Å². The van der Waals surface area contributed by atoms with Crippen LogP contribution < -0.4 is 10.1 Å². The van der Waals surface area contributed by atoms with Crippen molar-refractivity contribution in [2.24, 2.45) is 5.92 Å². The first kappa shape index (κ1) is 18.0. The minimum absolute atomic E-state index is 0.0729. The number of ether oxygens (including phenoxy) is 1. The highest BCUT2D eigenvalue weighted by Crippen LogP contribution is 2.18. The fourth-order valence-corrected chi connectivity index (χ4v) is 2.02. The first-order valence-corrected chi connectivity index (χ1v) is 7.64. The molecule has 1 aromatic rings. The topological polar surface area (TPSA) is 75.6 Å². The molecule has 0 heterocycles. The summed E-state index contributed by atoms with van der Waals surface area (Å²) in [5, 5.41) is 11.3. The lowest BCUT2D eigenvalue weighted by Gasteiger charge is -2.23. The average molecular weight is 307 g/mol. The summed E-state index contributed by atoms with van der Waals surface area (Å²) >= 11 is 0. The second-order valence-electron chi connectivity index (χ2n) is 5.74. The molecule has 22 heavy (non-hydrogen) atoms. The molecule has 2 N–H and O–H groups in total. The molecule has 0 bridgehead atoms. The molecule has 0 aliphatic heterocycles. The smallest absolute Gasteiger partial charge is 0.325 e. The van der Waals surface area contributed by atoms with Crippen LogP contribution in [0.1, 0.15) is 39.7 Å². The number of nitrogens with one attached hydrogen (secondary N) is 1. The van der Waals surface area contributed by atoms with E-state index in [0.29, 0.717) is 5.75 Å². The van der Waals surface area contributed by atoms with Crippen LogP contribution in [0.3, 0.4) is 0 Å². The lowest BCUT2D eigenvalue weighted by atomic mass is 10.1. The number of carbonyl (C=O) groups is 2. The molecule has 0 saturated heterocycles. The number of hydrogen-bond acceptors (Lipinski definition) is 3. The van der Waals surface area contributed by atoms with Crippen molar-refractivity contribution in [1.29, 1.82) is 0 Å². The summed E-state index contributed by atoms with van der Waals surface area (Å²) in [5.74, 6) is -0.949. The second-order valence-corrected chi connectivity index (χ2v) is 5.74.